The molecule has 0 atom stereocenters. The second-order valence-electron chi connectivity index (χ2n) is 5.35. The number of aryl methyl sites for hydroxylation is 2. The van der Waals surface area contributed by atoms with Crippen LogP contribution in [0.15, 0.2) is 60.7 Å². The molecule has 0 aliphatic carbocycles. The SMILES string of the molecule is Cc1ccc(C)n1-c1ccc(OC(=O)c2cccc(F)c2)cc1. The molecule has 0 unspecified atom stereocenters. The Bertz CT molecular complexity index is 831. The number of esters is 1. The van der Waals surface area contributed by atoms with Gasteiger partial charge in [-0.2, -0.15) is 0 Å². The van der Waals surface area contributed by atoms with Gasteiger partial charge < -0.3 is 9.30 Å². The van der Waals surface area contributed by atoms with Crippen LogP contribution in [0, 0.1) is 19.7 Å². The average Bonchev–Trinajstić information content (AvgIpc) is 2.87. The molecule has 0 bridgehead atoms. The van der Waals surface area contributed by atoms with Crippen molar-refractivity contribution in [3.05, 3.63) is 83.4 Å². The van der Waals surface area contributed by atoms with Crippen molar-refractivity contribution in [2.75, 3.05) is 0 Å². The van der Waals surface area contributed by atoms with E-state index in [0.717, 1.165) is 23.1 Å². The van der Waals surface area contributed by atoms with E-state index in [1.54, 1.807) is 12.1 Å². The van der Waals surface area contributed by atoms with Gasteiger partial charge in [-0.1, -0.05) is 6.07 Å². The summed E-state index contributed by atoms with van der Waals surface area (Å²) < 4.78 is 20.5. The van der Waals surface area contributed by atoms with Crippen LogP contribution in [0.3, 0.4) is 0 Å². The lowest BCUT2D eigenvalue weighted by Gasteiger charge is -2.10. The topological polar surface area (TPSA) is 31.2 Å². The van der Waals surface area contributed by atoms with Crippen LogP contribution in [-0.2, 0) is 0 Å². The molecule has 3 rings (SSSR count). The summed E-state index contributed by atoms with van der Waals surface area (Å²) in [6.07, 6.45) is 0. The van der Waals surface area contributed by atoms with Crippen molar-refractivity contribution >= 4 is 5.97 Å². The first-order valence-corrected chi connectivity index (χ1v) is 7.28. The zero-order chi connectivity index (χ0) is 16.4. The van der Waals surface area contributed by atoms with E-state index in [1.807, 2.05) is 38.1 Å². The highest BCUT2D eigenvalue weighted by Gasteiger charge is 2.10. The largest absolute Gasteiger partial charge is 0.423 e. The minimum absolute atomic E-state index is 0.186. The first-order valence-electron chi connectivity index (χ1n) is 7.28. The van der Waals surface area contributed by atoms with Gasteiger partial charge in [-0.3, -0.25) is 0 Å². The molecule has 116 valence electrons. The summed E-state index contributed by atoms with van der Waals surface area (Å²) >= 11 is 0. The van der Waals surface area contributed by atoms with Gasteiger partial charge in [0, 0.05) is 17.1 Å². The van der Waals surface area contributed by atoms with Crippen molar-refractivity contribution in [3.63, 3.8) is 0 Å². The fourth-order valence-corrected chi connectivity index (χ4v) is 2.52. The van der Waals surface area contributed by atoms with Crippen LogP contribution in [0.2, 0.25) is 0 Å². The Kier molecular flexibility index (Phi) is 3.98. The molecule has 23 heavy (non-hydrogen) atoms. The molecule has 1 aromatic heterocycles. The molecule has 4 heteroatoms. The van der Waals surface area contributed by atoms with E-state index in [4.69, 9.17) is 4.74 Å². The molecule has 0 spiro atoms. The summed E-state index contributed by atoms with van der Waals surface area (Å²) in [4.78, 5) is 12.0. The highest BCUT2D eigenvalue weighted by atomic mass is 19.1. The number of hydrogen-bond acceptors (Lipinski definition) is 2. The molecule has 0 saturated carbocycles. The van der Waals surface area contributed by atoms with Crippen LogP contribution in [0.4, 0.5) is 4.39 Å². The van der Waals surface area contributed by atoms with E-state index in [0.29, 0.717) is 5.75 Å². The first-order chi connectivity index (χ1) is 11.0. The number of nitrogens with zero attached hydrogens (tertiary/aromatic N) is 1. The van der Waals surface area contributed by atoms with Gasteiger partial charge in [0.2, 0.25) is 0 Å². The number of carbonyl (C=O) groups excluding carboxylic acids is 1. The lowest BCUT2D eigenvalue weighted by atomic mass is 10.2. The third-order valence-electron chi connectivity index (χ3n) is 3.64. The van der Waals surface area contributed by atoms with Gasteiger partial charge in [-0.15, -0.1) is 0 Å². The third kappa shape index (κ3) is 3.16. The number of rotatable bonds is 3. The van der Waals surface area contributed by atoms with Gasteiger partial charge in [0.1, 0.15) is 11.6 Å². The molecule has 3 nitrogen and oxygen atoms in total. The third-order valence-corrected chi connectivity index (χ3v) is 3.64. The van der Waals surface area contributed by atoms with E-state index in [1.165, 1.54) is 18.2 Å². The lowest BCUT2D eigenvalue weighted by molar-refractivity contribution is 0.0734. The molecular formula is C19H16FNO2. The molecule has 0 radical (unpaired) electrons. The van der Waals surface area contributed by atoms with Crippen LogP contribution in [-0.4, -0.2) is 10.5 Å². The minimum atomic E-state index is -0.578. The summed E-state index contributed by atoms with van der Waals surface area (Å²) in [5, 5.41) is 0. The standard InChI is InChI=1S/C19H16FNO2/c1-13-6-7-14(2)21(13)17-8-10-18(11-9-17)23-19(22)15-4-3-5-16(20)12-15/h3-12H,1-2H3. The predicted molar refractivity (Wildman–Crippen MR) is 86.6 cm³/mol. The van der Waals surface area contributed by atoms with Gasteiger partial charge in [-0.25, -0.2) is 9.18 Å². The van der Waals surface area contributed by atoms with Crippen molar-refractivity contribution in [3.8, 4) is 11.4 Å². The van der Waals surface area contributed by atoms with E-state index < -0.39 is 11.8 Å². The van der Waals surface area contributed by atoms with E-state index in [9.17, 15) is 9.18 Å². The number of ether oxygens (including phenoxy) is 1. The minimum Gasteiger partial charge on any atom is -0.423 e. The molecule has 0 saturated heterocycles. The quantitative estimate of drug-likeness (QED) is 0.528. The summed E-state index contributed by atoms with van der Waals surface area (Å²) in [7, 11) is 0. The molecule has 0 aliphatic rings. The Morgan fingerprint density at radius 2 is 1.61 bits per heavy atom. The van der Waals surface area contributed by atoms with Crippen molar-refractivity contribution in [1.29, 1.82) is 0 Å². The van der Waals surface area contributed by atoms with Crippen molar-refractivity contribution in [2.45, 2.75) is 13.8 Å². The molecule has 0 fully saturated rings. The maximum absolute atomic E-state index is 13.1. The Labute approximate surface area is 134 Å². The molecule has 1 heterocycles. The highest BCUT2D eigenvalue weighted by Crippen LogP contribution is 2.20. The number of benzene rings is 2. The van der Waals surface area contributed by atoms with Crippen LogP contribution in [0.25, 0.3) is 5.69 Å². The Morgan fingerprint density at radius 1 is 0.957 bits per heavy atom. The predicted octanol–water partition coefficient (Wildman–Crippen LogP) is 4.45. The van der Waals surface area contributed by atoms with Crippen molar-refractivity contribution in [2.24, 2.45) is 0 Å². The van der Waals surface area contributed by atoms with Crippen LogP contribution in [0.5, 0.6) is 5.75 Å². The molecule has 0 aliphatic heterocycles. The van der Waals surface area contributed by atoms with Gasteiger partial charge in [-0.05, 0) is 68.4 Å². The number of hydrogen-bond donors (Lipinski definition) is 0. The van der Waals surface area contributed by atoms with Crippen LogP contribution < -0.4 is 4.74 Å². The summed E-state index contributed by atoms with van der Waals surface area (Å²) in [6, 6.07) is 16.8. The molecule has 2 aromatic carbocycles. The van der Waals surface area contributed by atoms with Crippen LogP contribution in [0.1, 0.15) is 21.7 Å². The van der Waals surface area contributed by atoms with E-state index >= 15 is 0 Å². The Morgan fingerprint density at radius 3 is 2.22 bits per heavy atom. The second kappa shape index (κ2) is 6.08. The smallest absolute Gasteiger partial charge is 0.343 e. The molecular weight excluding hydrogens is 293 g/mol. The molecule has 3 aromatic rings. The van der Waals surface area contributed by atoms with Gasteiger partial charge >= 0.3 is 5.97 Å². The monoisotopic (exact) mass is 309 g/mol. The Hall–Kier alpha value is -2.88. The van der Waals surface area contributed by atoms with Gasteiger partial charge in [0.05, 0.1) is 5.56 Å². The second-order valence-corrected chi connectivity index (χ2v) is 5.35. The van der Waals surface area contributed by atoms with E-state index in [-0.39, 0.29) is 5.56 Å². The maximum atomic E-state index is 13.1. The van der Waals surface area contributed by atoms with E-state index in [2.05, 4.69) is 4.57 Å². The first kappa shape index (κ1) is 15.0. The fourth-order valence-electron chi connectivity index (χ4n) is 2.52. The number of aromatic nitrogens is 1. The maximum Gasteiger partial charge on any atom is 0.343 e. The zero-order valence-electron chi connectivity index (χ0n) is 12.9. The fraction of sp³-hybridized carbons (Fsp3) is 0.105. The molecule has 0 amide bonds. The summed E-state index contributed by atoms with van der Waals surface area (Å²) in [5.74, 6) is -0.621. The van der Waals surface area contributed by atoms with Gasteiger partial charge in [0.25, 0.3) is 0 Å². The Balaban J connectivity index is 1.79. The van der Waals surface area contributed by atoms with Gasteiger partial charge in [0.15, 0.2) is 0 Å². The summed E-state index contributed by atoms with van der Waals surface area (Å²) in [6.45, 7) is 4.07. The summed E-state index contributed by atoms with van der Waals surface area (Å²) in [5.41, 5.74) is 3.45. The van der Waals surface area contributed by atoms with Crippen molar-refractivity contribution < 1.29 is 13.9 Å². The average molecular weight is 309 g/mol. The highest BCUT2D eigenvalue weighted by molar-refractivity contribution is 5.91. The normalized spacial score (nSPS) is 10.6. The lowest BCUT2D eigenvalue weighted by Crippen LogP contribution is -2.08. The number of carbonyl (C=O) groups is 1. The molecule has 0 N–H and O–H groups in total. The zero-order valence-corrected chi connectivity index (χ0v) is 12.9. The van der Waals surface area contributed by atoms with Crippen LogP contribution >= 0.6 is 0 Å². The van der Waals surface area contributed by atoms with Crippen molar-refractivity contribution in [1.82, 2.24) is 4.57 Å². The number of halogens is 1.